The largest absolute Gasteiger partial charge is 0.326 e. The first kappa shape index (κ1) is 32.1. The van der Waals surface area contributed by atoms with Crippen molar-refractivity contribution in [3.05, 3.63) is 130 Å². The van der Waals surface area contributed by atoms with Crippen molar-refractivity contribution in [3.8, 4) is 0 Å². The third-order valence-corrected chi connectivity index (χ3v) is 11.3. The number of rotatable bonds is 9. The van der Waals surface area contributed by atoms with E-state index in [4.69, 9.17) is 23.2 Å². The number of amides is 4. The van der Waals surface area contributed by atoms with Crippen LogP contribution in [0.2, 0.25) is 0 Å². The van der Waals surface area contributed by atoms with E-state index in [9.17, 15) is 19.2 Å². The van der Waals surface area contributed by atoms with E-state index in [0.717, 1.165) is 39.1 Å². The maximum Gasteiger partial charge on any atom is 0.255 e. The number of hydrogen-bond donors (Lipinski definition) is 2. The number of likely N-dealkylation sites (tertiary alicyclic amines) is 1. The minimum absolute atomic E-state index is 0.179. The van der Waals surface area contributed by atoms with Gasteiger partial charge in [0.1, 0.15) is 9.75 Å². The number of nitrogens with zero attached hydrogens (tertiary/aromatic N) is 1. The standard InChI is InChI=1S/C39H35Cl2N3O4/c1-23-18-19-31(24(2)21-23)43-35(46)25-11-10-12-26(22-25)42-32(45)17-4-3-9-20-44-36(47)33-34(37(44)48)39(41)28-14-6-5-13-27(28)38(33,40)29-15-7-8-16-30(29)39/h5-8,10-16,18-19,21-22,33-34H,3-4,9,17,20H2,1-2H3,(H,42,45)(H,43,46)/t33-,34+,38?,39?. The number of unbranched alkanes of at least 4 members (excludes halogenated alkanes) is 2. The van der Waals surface area contributed by atoms with Gasteiger partial charge in [0, 0.05) is 29.9 Å². The molecular weight excluding hydrogens is 645 g/mol. The van der Waals surface area contributed by atoms with Crippen molar-refractivity contribution in [2.75, 3.05) is 17.2 Å². The minimum atomic E-state index is -1.19. The molecule has 4 amide bonds. The summed E-state index contributed by atoms with van der Waals surface area (Å²) in [5.74, 6) is -2.65. The van der Waals surface area contributed by atoms with Gasteiger partial charge in [-0.2, -0.15) is 0 Å². The topological polar surface area (TPSA) is 95.6 Å². The van der Waals surface area contributed by atoms with Gasteiger partial charge in [-0.05, 0) is 78.8 Å². The lowest BCUT2D eigenvalue weighted by molar-refractivity contribution is -0.140. The molecule has 2 N–H and O–H groups in total. The molecule has 0 spiro atoms. The third kappa shape index (κ3) is 5.03. The highest BCUT2D eigenvalue weighted by atomic mass is 35.5. The van der Waals surface area contributed by atoms with E-state index in [1.807, 2.05) is 80.6 Å². The van der Waals surface area contributed by atoms with Crippen molar-refractivity contribution in [1.29, 1.82) is 0 Å². The summed E-state index contributed by atoms with van der Waals surface area (Å²) in [6.07, 6.45) is 2.00. The Labute approximate surface area is 289 Å². The first-order valence-corrected chi connectivity index (χ1v) is 17.0. The zero-order valence-electron chi connectivity index (χ0n) is 26.7. The van der Waals surface area contributed by atoms with Crippen LogP contribution in [0.4, 0.5) is 11.4 Å². The lowest BCUT2D eigenvalue weighted by Crippen LogP contribution is -2.57. The maximum atomic E-state index is 14.0. The SMILES string of the molecule is Cc1ccc(NC(=O)c2cccc(NC(=O)CCCCCN3C(=O)[C@@H]4[C@H](C3=O)C3(Cl)c5ccccc5C4(Cl)c4ccccc43)c2)c(C)c1. The van der Waals surface area contributed by atoms with Gasteiger partial charge < -0.3 is 10.6 Å². The second kappa shape index (κ2) is 12.2. The van der Waals surface area contributed by atoms with Gasteiger partial charge in [0.25, 0.3) is 5.91 Å². The molecule has 1 aliphatic heterocycles. The van der Waals surface area contributed by atoms with E-state index in [-0.39, 0.29) is 36.6 Å². The van der Waals surface area contributed by atoms with Crippen molar-refractivity contribution >= 4 is 58.2 Å². The Morgan fingerprint density at radius 1 is 0.708 bits per heavy atom. The number of carbonyl (C=O) groups is 4. The monoisotopic (exact) mass is 679 g/mol. The zero-order valence-corrected chi connectivity index (χ0v) is 28.2. The number of nitrogens with one attached hydrogen (secondary N) is 2. The summed E-state index contributed by atoms with van der Waals surface area (Å²) >= 11 is 15.0. The Kier molecular flexibility index (Phi) is 8.17. The first-order chi connectivity index (χ1) is 23.0. The maximum absolute atomic E-state index is 14.0. The lowest BCUT2D eigenvalue weighted by atomic mass is 9.54. The Bertz CT molecular complexity index is 1870. The number of hydrogen-bond acceptors (Lipinski definition) is 4. The van der Waals surface area contributed by atoms with Gasteiger partial charge in [-0.3, -0.25) is 24.1 Å². The fourth-order valence-electron chi connectivity index (χ4n) is 7.79. The summed E-state index contributed by atoms with van der Waals surface area (Å²) in [7, 11) is 0. The lowest BCUT2D eigenvalue weighted by Gasteiger charge is -2.54. The molecule has 1 heterocycles. The van der Waals surface area contributed by atoms with Crippen LogP contribution in [0.15, 0.2) is 91.0 Å². The molecule has 4 aromatic rings. The molecule has 2 atom stereocenters. The highest BCUT2D eigenvalue weighted by Crippen LogP contribution is 2.69. The van der Waals surface area contributed by atoms with Gasteiger partial charge >= 0.3 is 0 Å². The van der Waals surface area contributed by atoms with E-state index in [2.05, 4.69) is 10.6 Å². The van der Waals surface area contributed by atoms with Crippen LogP contribution < -0.4 is 10.6 Å². The average molecular weight is 681 g/mol. The Hall–Kier alpha value is -4.46. The van der Waals surface area contributed by atoms with Gasteiger partial charge in [0.2, 0.25) is 17.7 Å². The van der Waals surface area contributed by atoms with Crippen molar-refractivity contribution < 1.29 is 19.2 Å². The molecule has 0 aromatic heterocycles. The summed E-state index contributed by atoms with van der Waals surface area (Å²) in [6.45, 7) is 4.17. The predicted molar refractivity (Wildman–Crippen MR) is 187 cm³/mol. The van der Waals surface area contributed by atoms with Crippen LogP contribution in [0.25, 0.3) is 0 Å². The van der Waals surface area contributed by atoms with Crippen LogP contribution in [0, 0.1) is 25.7 Å². The second-order valence-electron chi connectivity index (χ2n) is 13.0. The average Bonchev–Trinajstić information content (AvgIpc) is 3.34. The van der Waals surface area contributed by atoms with Gasteiger partial charge in [-0.25, -0.2) is 0 Å². The first-order valence-electron chi connectivity index (χ1n) is 16.3. The van der Waals surface area contributed by atoms with Crippen molar-refractivity contribution in [2.45, 2.75) is 49.3 Å². The van der Waals surface area contributed by atoms with Crippen molar-refractivity contribution in [1.82, 2.24) is 4.90 Å². The van der Waals surface area contributed by atoms with Crippen LogP contribution in [0.1, 0.15) is 69.4 Å². The Morgan fingerprint density at radius 2 is 1.29 bits per heavy atom. The molecule has 4 aromatic carbocycles. The summed E-state index contributed by atoms with van der Waals surface area (Å²) in [6, 6.07) is 27.8. The van der Waals surface area contributed by atoms with Crippen LogP contribution in [0.5, 0.6) is 0 Å². The Balaban J connectivity index is 0.954. The fourth-order valence-corrected chi connectivity index (χ4v) is 8.89. The molecule has 8 rings (SSSR count). The van der Waals surface area contributed by atoms with Gasteiger partial charge in [-0.1, -0.05) is 78.7 Å². The van der Waals surface area contributed by atoms with E-state index in [1.165, 1.54) is 4.90 Å². The molecule has 3 aliphatic carbocycles. The normalized spacial score (nSPS) is 23.4. The number of carbonyl (C=O) groups excluding carboxylic acids is 4. The number of anilines is 2. The fraction of sp³-hybridized carbons (Fsp3) is 0.282. The molecule has 7 nitrogen and oxygen atoms in total. The van der Waals surface area contributed by atoms with Crippen molar-refractivity contribution in [2.24, 2.45) is 11.8 Å². The highest BCUT2D eigenvalue weighted by Gasteiger charge is 2.72. The molecule has 0 saturated carbocycles. The molecule has 9 heteroatoms. The van der Waals surface area contributed by atoms with Crippen LogP contribution >= 0.6 is 23.2 Å². The third-order valence-electron chi connectivity index (χ3n) is 10.0. The zero-order chi connectivity index (χ0) is 33.8. The second-order valence-corrected chi connectivity index (χ2v) is 14.2. The summed E-state index contributed by atoms with van der Waals surface area (Å²) in [4.78, 5) is 52.5. The number of benzene rings is 4. The molecular formula is C39H35Cl2N3O4. The quantitative estimate of drug-likeness (QED) is 0.108. The van der Waals surface area contributed by atoms with Crippen LogP contribution in [-0.4, -0.2) is 35.1 Å². The summed E-state index contributed by atoms with van der Waals surface area (Å²) in [5, 5.41) is 5.81. The molecule has 244 valence electrons. The van der Waals surface area contributed by atoms with Gasteiger partial charge in [0.15, 0.2) is 0 Å². The smallest absolute Gasteiger partial charge is 0.255 e. The predicted octanol–water partition coefficient (Wildman–Crippen LogP) is 7.65. The van der Waals surface area contributed by atoms with E-state index in [0.29, 0.717) is 30.5 Å². The number of imide groups is 1. The summed E-state index contributed by atoms with van der Waals surface area (Å²) < 4.78 is 0. The summed E-state index contributed by atoms with van der Waals surface area (Å²) in [5.41, 5.74) is 6.92. The molecule has 4 aliphatic rings. The van der Waals surface area contributed by atoms with Crippen LogP contribution in [0.3, 0.4) is 0 Å². The van der Waals surface area contributed by atoms with Crippen LogP contribution in [-0.2, 0) is 24.1 Å². The molecule has 1 saturated heterocycles. The molecule has 1 fully saturated rings. The molecule has 0 unspecified atom stereocenters. The van der Waals surface area contributed by atoms with Crippen molar-refractivity contribution in [3.63, 3.8) is 0 Å². The molecule has 0 radical (unpaired) electrons. The minimum Gasteiger partial charge on any atom is -0.326 e. The van der Waals surface area contributed by atoms with Gasteiger partial charge in [-0.15, -0.1) is 23.2 Å². The number of halogens is 2. The number of aryl methyl sites for hydroxylation is 2. The Morgan fingerprint density at radius 3 is 1.85 bits per heavy atom. The van der Waals surface area contributed by atoms with Gasteiger partial charge in [0.05, 0.1) is 11.8 Å². The van der Waals surface area contributed by atoms with E-state index in [1.54, 1.807) is 24.3 Å². The molecule has 2 bridgehead atoms. The highest BCUT2D eigenvalue weighted by molar-refractivity contribution is 6.36. The van der Waals surface area contributed by atoms with E-state index < -0.39 is 21.6 Å². The van der Waals surface area contributed by atoms with E-state index >= 15 is 0 Å². The molecule has 48 heavy (non-hydrogen) atoms. The number of alkyl halides is 2.